The van der Waals surface area contributed by atoms with Crippen LogP contribution in [0.25, 0.3) is 33.7 Å². The van der Waals surface area contributed by atoms with E-state index in [1.807, 2.05) is 0 Å². The summed E-state index contributed by atoms with van der Waals surface area (Å²) in [5, 5.41) is 4.43. The van der Waals surface area contributed by atoms with E-state index in [0.717, 1.165) is 55.9 Å². The molecule has 6 bridgehead atoms. The number of rotatable bonds is 2. The minimum absolute atomic E-state index is 0.837. The predicted molar refractivity (Wildman–Crippen MR) is 147 cm³/mol. The number of fused-ring (bicyclic) bond motifs is 9. The average molecular weight is 485 g/mol. The van der Waals surface area contributed by atoms with Crippen molar-refractivity contribution in [2.75, 3.05) is 0 Å². The quantitative estimate of drug-likeness (QED) is 0.280. The van der Waals surface area contributed by atoms with Crippen molar-refractivity contribution in [1.82, 2.24) is 9.97 Å². The molecule has 0 saturated carbocycles. The minimum Gasteiger partial charge on any atom is -0.456 e. The van der Waals surface area contributed by atoms with Gasteiger partial charge in [0.1, 0.15) is 10.8 Å². The Balaban J connectivity index is 1.61. The van der Waals surface area contributed by atoms with E-state index in [1.165, 1.54) is 22.3 Å². The fraction of sp³-hybridized carbons (Fsp3) is 0.0625. The lowest BCUT2D eigenvalue weighted by molar-refractivity contribution is 0.498. The van der Waals surface area contributed by atoms with Gasteiger partial charge in [-0.15, -0.1) is 0 Å². The monoisotopic (exact) mass is 484 g/mol. The van der Waals surface area contributed by atoms with E-state index in [2.05, 4.69) is 120 Å². The predicted octanol–water partition coefficient (Wildman–Crippen LogP) is 6.76. The van der Waals surface area contributed by atoms with Crippen LogP contribution >= 0.6 is 11.3 Å². The second-order valence-electron chi connectivity index (χ2n) is 9.42. The molecule has 0 radical (unpaired) electrons. The Labute approximate surface area is 213 Å². The van der Waals surface area contributed by atoms with Gasteiger partial charge in [0.15, 0.2) is 0 Å². The van der Waals surface area contributed by atoms with Gasteiger partial charge in [-0.1, -0.05) is 59.7 Å². The number of furan rings is 1. The number of thiophene rings is 1. The summed E-state index contributed by atoms with van der Waals surface area (Å²) in [6.45, 7) is 4.23. The summed E-state index contributed by atoms with van der Waals surface area (Å²) < 4.78 is 6.67. The molecule has 0 atom stereocenters. The summed E-state index contributed by atoms with van der Waals surface area (Å²) in [7, 11) is 0. The zero-order valence-corrected chi connectivity index (χ0v) is 20.9. The van der Waals surface area contributed by atoms with Gasteiger partial charge in [0, 0.05) is 44.4 Å². The van der Waals surface area contributed by atoms with Gasteiger partial charge < -0.3 is 14.4 Å². The van der Waals surface area contributed by atoms with Crippen molar-refractivity contribution in [2.24, 2.45) is 0 Å². The van der Waals surface area contributed by atoms with E-state index in [9.17, 15) is 0 Å². The maximum atomic E-state index is 6.67. The van der Waals surface area contributed by atoms with Crippen molar-refractivity contribution in [3.05, 3.63) is 140 Å². The molecule has 0 fully saturated rings. The van der Waals surface area contributed by atoms with Crippen LogP contribution in [-0.2, 0) is 0 Å². The average Bonchev–Trinajstić information content (AvgIpc) is 3.69. The molecule has 36 heavy (non-hydrogen) atoms. The van der Waals surface area contributed by atoms with E-state index < -0.39 is 0 Å². The second kappa shape index (κ2) is 8.14. The Morgan fingerprint density at radius 3 is 1.36 bits per heavy atom. The normalized spacial score (nSPS) is 15.6. The van der Waals surface area contributed by atoms with Crippen LogP contribution in [0.3, 0.4) is 0 Å². The number of benzene rings is 2. The first-order valence-electron chi connectivity index (χ1n) is 12.1. The van der Waals surface area contributed by atoms with Crippen LogP contribution in [0.1, 0.15) is 33.6 Å². The first kappa shape index (κ1) is 21.0. The van der Waals surface area contributed by atoms with Gasteiger partial charge >= 0.3 is 0 Å². The molecule has 2 N–H and O–H groups in total. The SMILES string of the molecule is Cc1ccc(/C2=c3\cc/c(o3)=C(\c3ccc(C)cc3)c3ccc([nH]3)-c3cscc3-c3ccc2[nH]3)cc1. The van der Waals surface area contributed by atoms with Crippen molar-refractivity contribution in [2.45, 2.75) is 13.8 Å². The Bertz CT molecular complexity index is 1710. The molecule has 5 heterocycles. The summed E-state index contributed by atoms with van der Waals surface area (Å²) in [5.74, 6) is 0. The first-order valence-corrected chi connectivity index (χ1v) is 13.0. The molecule has 7 rings (SSSR count). The zero-order chi connectivity index (χ0) is 24.2. The van der Waals surface area contributed by atoms with Crippen LogP contribution in [0.4, 0.5) is 0 Å². The van der Waals surface area contributed by atoms with E-state index >= 15 is 0 Å². The molecule has 6 aromatic rings. The standard InChI is InChI=1S/C32H24N2OS/c1-19-3-7-21(8-4-19)31-27-13-11-25(33-27)23-17-36-18-24(23)26-12-14-28(34-26)32(30-16-15-29(31)35-30)22-9-5-20(2)6-10-22/h3-18,33-34H,1-2H3/b31-29-,32-30-. The fourth-order valence-corrected chi connectivity index (χ4v) is 5.87. The van der Waals surface area contributed by atoms with Crippen LogP contribution in [0.15, 0.2) is 100 Å². The Morgan fingerprint density at radius 2 is 0.917 bits per heavy atom. The molecule has 0 amide bonds. The van der Waals surface area contributed by atoms with Crippen LogP contribution in [0.2, 0.25) is 0 Å². The minimum atomic E-state index is 0.837. The van der Waals surface area contributed by atoms with Gasteiger partial charge in [0.2, 0.25) is 0 Å². The Morgan fingerprint density at radius 1 is 0.500 bits per heavy atom. The van der Waals surface area contributed by atoms with E-state index in [-0.39, 0.29) is 0 Å². The van der Waals surface area contributed by atoms with Crippen molar-refractivity contribution in [1.29, 1.82) is 0 Å². The molecule has 0 saturated heterocycles. The summed E-state index contributed by atoms with van der Waals surface area (Å²) in [4.78, 5) is 7.39. The number of aromatic amines is 2. The first-order chi connectivity index (χ1) is 17.6. The van der Waals surface area contributed by atoms with Crippen LogP contribution in [-0.4, -0.2) is 9.97 Å². The highest BCUT2D eigenvalue weighted by Crippen LogP contribution is 2.36. The molecule has 0 spiro atoms. The molecular formula is C32H24N2OS. The van der Waals surface area contributed by atoms with Crippen molar-refractivity contribution >= 4 is 22.5 Å². The molecular weight excluding hydrogens is 460 g/mol. The Hall–Kier alpha value is -4.28. The van der Waals surface area contributed by atoms with Gasteiger partial charge in [-0.3, -0.25) is 0 Å². The van der Waals surface area contributed by atoms with E-state index in [4.69, 9.17) is 4.42 Å². The number of aryl methyl sites for hydroxylation is 2. The van der Waals surface area contributed by atoms with Gasteiger partial charge in [-0.25, -0.2) is 0 Å². The maximum Gasteiger partial charge on any atom is 0.137 e. The van der Waals surface area contributed by atoms with E-state index in [1.54, 1.807) is 11.3 Å². The number of aromatic nitrogens is 2. The van der Waals surface area contributed by atoms with Gasteiger partial charge in [0.25, 0.3) is 0 Å². The molecule has 3 nitrogen and oxygen atoms in total. The van der Waals surface area contributed by atoms with Crippen molar-refractivity contribution in [3.63, 3.8) is 0 Å². The molecule has 174 valence electrons. The van der Waals surface area contributed by atoms with Crippen molar-refractivity contribution < 1.29 is 4.42 Å². The molecule has 1 aliphatic heterocycles. The highest BCUT2D eigenvalue weighted by Gasteiger charge is 2.18. The van der Waals surface area contributed by atoms with Gasteiger partial charge in [-0.2, -0.15) is 11.3 Å². The lowest BCUT2D eigenvalue weighted by Crippen LogP contribution is -2.11. The van der Waals surface area contributed by atoms with Crippen LogP contribution < -0.4 is 10.8 Å². The largest absolute Gasteiger partial charge is 0.456 e. The molecule has 1 aliphatic rings. The third-order valence-corrected chi connectivity index (χ3v) is 7.68. The van der Waals surface area contributed by atoms with Crippen molar-refractivity contribution in [3.8, 4) is 22.5 Å². The highest BCUT2D eigenvalue weighted by atomic mass is 32.1. The third-order valence-electron chi connectivity index (χ3n) is 6.93. The second-order valence-corrected chi connectivity index (χ2v) is 10.2. The lowest BCUT2D eigenvalue weighted by atomic mass is 10.0. The number of hydrogen-bond donors (Lipinski definition) is 2. The highest BCUT2D eigenvalue weighted by molar-refractivity contribution is 7.08. The zero-order valence-electron chi connectivity index (χ0n) is 20.1. The third kappa shape index (κ3) is 3.42. The van der Waals surface area contributed by atoms with E-state index in [0.29, 0.717) is 0 Å². The molecule has 4 aromatic heterocycles. The number of H-pyrrole nitrogens is 2. The Kier molecular flexibility index (Phi) is 4.76. The summed E-state index contributed by atoms with van der Waals surface area (Å²) in [6, 6.07) is 30.1. The number of nitrogens with one attached hydrogen (secondary N) is 2. The molecule has 2 aromatic carbocycles. The summed E-state index contributed by atoms with van der Waals surface area (Å²) in [5.41, 5.74) is 15.1. The lowest BCUT2D eigenvalue weighted by Gasteiger charge is -2.07. The van der Waals surface area contributed by atoms with Crippen LogP contribution in [0, 0.1) is 13.8 Å². The number of hydrogen-bond acceptors (Lipinski definition) is 2. The van der Waals surface area contributed by atoms with Gasteiger partial charge in [-0.05, 0) is 61.4 Å². The molecule has 4 heteroatoms. The summed E-state index contributed by atoms with van der Waals surface area (Å²) >= 11 is 1.72. The smallest absolute Gasteiger partial charge is 0.137 e. The molecule has 0 aliphatic carbocycles. The maximum absolute atomic E-state index is 6.67. The fourth-order valence-electron chi connectivity index (χ4n) is 5.02. The van der Waals surface area contributed by atoms with Gasteiger partial charge in [0.05, 0.1) is 11.4 Å². The molecule has 0 unspecified atom stereocenters. The summed E-state index contributed by atoms with van der Waals surface area (Å²) in [6.07, 6.45) is 0. The topological polar surface area (TPSA) is 44.7 Å². The van der Waals surface area contributed by atoms with Crippen LogP contribution in [0.5, 0.6) is 0 Å².